The van der Waals surface area contributed by atoms with Crippen molar-refractivity contribution < 1.29 is 9.59 Å². The molecule has 0 saturated carbocycles. The lowest BCUT2D eigenvalue weighted by molar-refractivity contribution is -0.129. The largest absolute Gasteiger partial charge is 0.300 e. The summed E-state index contributed by atoms with van der Waals surface area (Å²) in [5.41, 5.74) is 1.08. The van der Waals surface area contributed by atoms with E-state index in [0.29, 0.717) is 20.9 Å². The Morgan fingerprint density at radius 3 is 2.96 bits per heavy atom. The number of nitrogens with one attached hydrogen (secondary N) is 1. The van der Waals surface area contributed by atoms with Crippen LogP contribution in [0, 0.1) is 0 Å². The number of thiazole rings is 1. The van der Waals surface area contributed by atoms with E-state index in [0.717, 1.165) is 10.4 Å². The van der Waals surface area contributed by atoms with Gasteiger partial charge in [0.1, 0.15) is 10.9 Å². The van der Waals surface area contributed by atoms with Crippen molar-refractivity contribution in [1.29, 1.82) is 0 Å². The van der Waals surface area contributed by atoms with Crippen molar-refractivity contribution in [3.8, 4) is 0 Å². The molecular formula is C16H14ClN3O2S3. The first-order valence-corrected chi connectivity index (χ1v) is 9.91. The fraction of sp³-hybridized carbons (Fsp3) is 0.250. The standard InChI is InChI=1S/C16H14ClN3O2S3/c1-9-14(22)20(16(23)24-9)8-13(21)19-15-18-7-12(25-15)6-10-3-2-4-11(17)5-10/h2-5,7,9H,6,8H2,1H3,(H,18,19,21). The molecule has 1 aromatic heterocycles. The van der Waals surface area contributed by atoms with Crippen molar-refractivity contribution in [1.82, 2.24) is 9.88 Å². The molecule has 1 aliphatic rings. The Hall–Kier alpha value is -1.48. The van der Waals surface area contributed by atoms with Crippen LogP contribution in [0.3, 0.4) is 0 Å². The Labute approximate surface area is 163 Å². The highest BCUT2D eigenvalue weighted by Crippen LogP contribution is 2.27. The van der Waals surface area contributed by atoms with Gasteiger partial charge in [0.25, 0.3) is 0 Å². The Morgan fingerprint density at radius 2 is 2.28 bits per heavy atom. The molecule has 1 aromatic carbocycles. The van der Waals surface area contributed by atoms with Gasteiger partial charge < -0.3 is 5.32 Å². The van der Waals surface area contributed by atoms with Crippen molar-refractivity contribution in [2.75, 3.05) is 11.9 Å². The zero-order valence-corrected chi connectivity index (χ0v) is 16.4. The van der Waals surface area contributed by atoms with Crippen LogP contribution in [0.2, 0.25) is 5.02 Å². The second kappa shape index (κ2) is 7.82. The van der Waals surface area contributed by atoms with E-state index < -0.39 is 0 Å². The zero-order valence-electron chi connectivity index (χ0n) is 13.2. The summed E-state index contributed by atoms with van der Waals surface area (Å²) in [5, 5.41) is 3.68. The number of hydrogen-bond donors (Lipinski definition) is 1. The van der Waals surface area contributed by atoms with Gasteiger partial charge in [0.05, 0.1) is 5.25 Å². The fourth-order valence-electron chi connectivity index (χ4n) is 2.31. The maximum absolute atomic E-state index is 12.2. The average molecular weight is 412 g/mol. The molecule has 0 radical (unpaired) electrons. The highest BCUT2D eigenvalue weighted by molar-refractivity contribution is 8.24. The van der Waals surface area contributed by atoms with Gasteiger partial charge in [-0.15, -0.1) is 11.3 Å². The van der Waals surface area contributed by atoms with Gasteiger partial charge in [-0.3, -0.25) is 14.5 Å². The van der Waals surface area contributed by atoms with Gasteiger partial charge in [-0.2, -0.15) is 0 Å². The Bertz CT molecular complexity index is 840. The van der Waals surface area contributed by atoms with Crippen LogP contribution in [0.15, 0.2) is 30.5 Å². The molecule has 2 heterocycles. The maximum atomic E-state index is 12.2. The lowest BCUT2D eigenvalue weighted by Gasteiger charge is -2.13. The molecule has 1 unspecified atom stereocenters. The van der Waals surface area contributed by atoms with E-state index in [2.05, 4.69) is 10.3 Å². The third-order valence-electron chi connectivity index (χ3n) is 3.48. The molecule has 1 atom stereocenters. The van der Waals surface area contributed by atoms with Gasteiger partial charge in [-0.05, 0) is 24.6 Å². The van der Waals surface area contributed by atoms with E-state index in [4.69, 9.17) is 23.8 Å². The topological polar surface area (TPSA) is 62.3 Å². The van der Waals surface area contributed by atoms with Crippen LogP contribution < -0.4 is 5.32 Å². The van der Waals surface area contributed by atoms with Crippen molar-refractivity contribution in [3.63, 3.8) is 0 Å². The number of rotatable bonds is 5. The Morgan fingerprint density at radius 1 is 1.48 bits per heavy atom. The molecule has 5 nitrogen and oxygen atoms in total. The first kappa shape index (κ1) is 18.3. The molecule has 25 heavy (non-hydrogen) atoms. The number of amides is 2. The summed E-state index contributed by atoms with van der Waals surface area (Å²) >= 11 is 13.8. The highest BCUT2D eigenvalue weighted by Gasteiger charge is 2.34. The molecule has 3 rings (SSSR count). The third-order valence-corrected chi connectivity index (χ3v) is 6.11. The van der Waals surface area contributed by atoms with E-state index >= 15 is 0 Å². The minimum atomic E-state index is -0.311. The van der Waals surface area contributed by atoms with Crippen molar-refractivity contribution in [2.24, 2.45) is 0 Å². The number of halogens is 1. The van der Waals surface area contributed by atoms with Gasteiger partial charge >= 0.3 is 0 Å². The summed E-state index contributed by atoms with van der Waals surface area (Å²) in [6.07, 6.45) is 2.42. The second-order valence-electron chi connectivity index (χ2n) is 5.44. The molecule has 0 aliphatic carbocycles. The number of carbonyl (C=O) groups excluding carboxylic acids is 2. The summed E-state index contributed by atoms with van der Waals surface area (Å²) in [5.74, 6) is -0.444. The molecule has 130 valence electrons. The minimum Gasteiger partial charge on any atom is -0.300 e. The van der Waals surface area contributed by atoms with Crippen LogP contribution in [-0.2, 0) is 16.0 Å². The quantitative estimate of drug-likeness (QED) is 0.762. The van der Waals surface area contributed by atoms with Gasteiger partial charge in [-0.25, -0.2) is 4.98 Å². The molecule has 1 N–H and O–H groups in total. The van der Waals surface area contributed by atoms with Crippen LogP contribution in [0.1, 0.15) is 17.4 Å². The van der Waals surface area contributed by atoms with Gasteiger partial charge in [-0.1, -0.05) is 47.7 Å². The lowest BCUT2D eigenvalue weighted by atomic mass is 10.1. The first-order chi connectivity index (χ1) is 11.9. The van der Waals surface area contributed by atoms with E-state index in [1.165, 1.54) is 28.0 Å². The average Bonchev–Trinajstić information content (AvgIpc) is 3.07. The SMILES string of the molecule is CC1SC(=S)N(CC(=O)Nc2ncc(Cc3cccc(Cl)c3)s2)C1=O. The number of benzene rings is 1. The van der Waals surface area contributed by atoms with E-state index in [1.54, 1.807) is 13.1 Å². The molecule has 9 heteroatoms. The van der Waals surface area contributed by atoms with E-state index in [9.17, 15) is 9.59 Å². The smallest absolute Gasteiger partial charge is 0.246 e. The minimum absolute atomic E-state index is 0.0851. The summed E-state index contributed by atoms with van der Waals surface area (Å²) in [4.78, 5) is 30.7. The Balaban J connectivity index is 1.58. The van der Waals surface area contributed by atoms with Crippen molar-refractivity contribution in [3.05, 3.63) is 45.9 Å². The first-order valence-electron chi connectivity index (χ1n) is 7.43. The normalized spacial score (nSPS) is 17.2. The third kappa shape index (κ3) is 4.58. The number of nitrogens with zero attached hydrogens (tertiary/aromatic N) is 2. The molecule has 1 fully saturated rings. The number of aromatic nitrogens is 1. The number of thiocarbonyl (C=S) groups is 1. The molecule has 1 saturated heterocycles. The van der Waals surface area contributed by atoms with E-state index in [1.807, 2.05) is 24.3 Å². The van der Waals surface area contributed by atoms with E-state index in [-0.39, 0.29) is 23.6 Å². The Kier molecular flexibility index (Phi) is 5.73. The number of hydrogen-bond acceptors (Lipinski definition) is 6. The van der Waals surface area contributed by atoms with Crippen LogP contribution in [0.25, 0.3) is 0 Å². The zero-order chi connectivity index (χ0) is 18.0. The molecule has 0 spiro atoms. The fourth-order valence-corrected chi connectivity index (χ4v) is 4.79. The van der Waals surface area contributed by atoms with Crippen LogP contribution in [-0.4, -0.2) is 37.8 Å². The summed E-state index contributed by atoms with van der Waals surface area (Å²) in [6.45, 7) is 1.69. The van der Waals surface area contributed by atoms with Crippen LogP contribution in [0.4, 0.5) is 5.13 Å². The van der Waals surface area contributed by atoms with Crippen LogP contribution >= 0.6 is 46.9 Å². The number of carbonyl (C=O) groups is 2. The van der Waals surface area contributed by atoms with Gasteiger partial charge in [0.15, 0.2) is 5.13 Å². The summed E-state index contributed by atoms with van der Waals surface area (Å²) in [6, 6.07) is 7.61. The summed E-state index contributed by atoms with van der Waals surface area (Å²) in [7, 11) is 0. The predicted molar refractivity (Wildman–Crippen MR) is 106 cm³/mol. The monoisotopic (exact) mass is 411 g/mol. The number of anilines is 1. The molecule has 2 amide bonds. The molecule has 2 aromatic rings. The van der Waals surface area contributed by atoms with Crippen molar-refractivity contribution in [2.45, 2.75) is 18.6 Å². The summed E-state index contributed by atoms with van der Waals surface area (Å²) < 4.78 is 0.438. The predicted octanol–water partition coefficient (Wildman–Crippen LogP) is 3.57. The molecule has 0 bridgehead atoms. The highest BCUT2D eigenvalue weighted by atomic mass is 35.5. The lowest BCUT2D eigenvalue weighted by Crippen LogP contribution is -2.37. The van der Waals surface area contributed by atoms with Crippen molar-refractivity contribution >= 4 is 68.2 Å². The van der Waals surface area contributed by atoms with Gasteiger partial charge in [0.2, 0.25) is 11.8 Å². The van der Waals surface area contributed by atoms with Crippen LogP contribution in [0.5, 0.6) is 0 Å². The number of thioether (sulfide) groups is 1. The maximum Gasteiger partial charge on any atom is 0.246 e. The van der Waals surface area contributed by atoms with Gasteiger partial charge in [0, 0.05) is 22.5 Å². The molecule has 1 aliphatic heterocycles. The molecular weight excluding hydrogens is 398 g/mol. The second-order valence-corrected chi connectivity index (χ2v) is 8.96.